The average molecular weight is 356 g/mol. The summed E-state index contributed by atoms with van der Waals surface area (Å²) in [5.41, 5.74) is 6.48. The van der Waals surface area contributed by atoms with Crippen molar-refractivity contribution < 1.29 is 9.53 Å². The average Bonchev–Trinajstić information content (AvgIpc) is 3.01. The van der Waals surface area contributed by atoms with Crippen molar-refractivity contribution in [3.63, 3.8) is 0 Å². The number of carbonyl (C=O) groups is 1. The fourth-order valence-electron chi connectivity index (χ4n) is 3.11. The van der Waals surface area contributed by atoms with Gasteiger partial charge in [-0.3, -0.25) is 4.79 Å². The fourth-order valence-corrected chi connectivity index (χ4v) is 3.11. The van der Waals surface area contributed by atoms with Crippen LogP contribution in [0, 0.1) is 5.92 Å². The normalized spacial score (nSPS) is 19.3. The van der Waals surface area contributed by atoms with Gasteiger partial charge in [-0.25, -0.2) is 0 Å². The van der Waals surface area contributed by atoms with Crippen LogP contribution >= 0.6 is 12.4 Å². The maximum atomic E-state index is 12.2. The van der Waals surface area contributed by atoms with Crippen molar-refractivity contribution >= 4 is 24.0 Å². The Morgan fingerprint density at radius 3 is 2.92 bits per heavy atom. The summed E-state index contributed by atoms with van der Waals surface area (Å²) in [4.78, 5) is 14.5. The number of nitrogens with zero attached hydrogens (tertiary/aromatic N) is 1. The van der Waals surface area contributed by atoms with Gasteiger partial charge in [0.1, 0.15) is 5.75 Å². The summed E-state index contributed by atoms with van der Waals surface area (Å²) in [5, 5.41) is 3.03. The monoisotopic (exact) mass is 355 g/mol. The van der Waals surface area contributed by atoms with Gasteiger partial charge >= 0.3 is 0 Å². The fraction of sp³-hybridized carbons (Fsp3) is 0.611. The van der Waals surface area contributed by atoms with Crippen molar-refractivity contribution in [2.24, 2.45) is 11.7 Å². The van der Waals surface area contributed by atoms with Crippen LogP contribution in [0.2, 0.25) is 0 Å². The first-order chi connectivity index (χ1) is 11.0. The lowest BCUT2D eigenvalue weighted by molar-refractivity contribution is -0.126. The minimum Gasteiger partial charge on any atom is -0.497 e. The molecule has 0 radical (unpaired) electrons. The summed E-state index contributed by atoms with van der Waals surface area (Å²) < 4.78 is 5.28. The maximum Gasteiger partial charge on any atom is 0.239 e. The third-order valence-corrected chi connectivity index (χ3v) is 4.54. The summed E-state index contributed by atoms with van der Waals surface area (Å²) >= 11 is 0. The number of rotatable bonds is 7. The Labute approximate surface area is 151 Å². The number of anilines is 1. The quantitative estimate of drug-likeness (QED) is 0.788. The summed E-state index contributed by atoms with van der Waals surface area (Å²) in [6.07, 6.45) is 2.69. The number of halogens is 1. The molecule has 0 saturated carbocycles. The minimum absolute atomic E-state index is 0. The molecule has 5 nitrogen and oxygen atoms in total. The molecule has 1 heterocycles. The van der Waals surface area contributed by atoms with Crippen LogP contribution in [-0.2, 0) is 4.79 Å². The van der Waals surface area contributed by atoms with Gasteiger partial charge < -0.3 is 20.7 Å². The second-order valence-corrected chi connectivity index (χ2v) is 6.68. The lowest BCUT2D eigenvalue weighted by atomic mass is 9.96. The Morgan fingerprint density at radius 1 is 1.50 bits per heavy atom. The molecule has 1 aliphatic rings. The number of carbonyl (C=O) groups excluding carboxylic acids is 1. The number of ether oxygens (including phenoxy) is 1. The van der Waals surface area contributed by atoms with E-state index in [0.29, 0.717) is 18.9 Å². The lowest BCUT2D eigenvalue weighted by Crippen LogP contribution is -2.52. The zero-order chi connectivity index (χ0) is 16.9. The van der Waals surface area contributed by atoms with Crippen LogP contribution in [-0.4, -0.2) is 38.2 Å². The molecule has 1 fully saturated rings. The minimum atomic E-state index is -0.764. The predicted molar refractivity (Wildman–Crippen MR) is 101 cm³/mol. The van der Waals surface area contributed by atoms with Gasteiger partial charge in [0, 0.05) is 31.4 Å². The second-order valence-electron chi connectivity index (χ2n) is 6.68. The molecule has 0 aromatic heterocycles. The Bertz CT molecular complexity index is 537. The van der Waals surface area contributed by atoms with E-state index in [9.17, 15) is 4.79 Å². The molecule has 0 spiro atoms. The number of hydrogen-bond donors (Lipinski definition) is 2. The van der Waals surface area contributed by atoms with E-state index in [4.69, 9.17) is 10.5 Å². The number of hydrogen-bond acceptors (Lipinski definition) is 4. The summed E-state index contributed by atoms with van der Waals surface area (Å²) in [6.45, 7) is 6.49. The van der Waals surface area contributed by atoms with Gasteiger partial charge in [0.25, 0.3) is 0 Å². The maximum absolute atomic E-state index is 12.2. The number of nitrogens with two attached hydrogens (primary N) is 1. The molecule has 3 N–H and O–H groups in total. The van der Waals surface area contributed by atoms with Crippen LogP contribution in [0.3, 0.4) is 0 Å². The van der Waals surface area contributed by atoms with Gasteiger partial charge in [-0.05, 0) is 37.8 Å². The van der Waals surface area contributed by atoms with Crippen LogP contribution in [0.1, 0.15) is 33.1 Å². The van der Waals surface area contributed by atoms with E-state index in [2.05, 4.69) is 22.3 Å². The van der Waals surface area contributed by atoms with Crippen LogP contribution in [0.15, 0.2) is 24.3 Å². The standard InChI is InChI=1S/C18H29N3O2.ClH/c1-4-9-18(2,19)17(22)20-12-14-8-10-21(13-14)15-6-5-7-16(11-15)23-3;/h5-7,11,14H,4,8-10,12-13,19H2,1-3H3,(H,20,22);1H. The smallest absolute Gasteiger partial charge is 0.239 e. The van der Waals surface area contributed by atoms with E-state index in [1.807, 2.05) is 26.0 Å². The first-order valence-corrected chi connectivity index (χ1v) is 8.42. The van der Waals surface area contributed by atoms with Gasteiger partial charge in [-0.2, -0.15) is 0 Å². The summed E-state index contributed by atoms with van der Waals surface area (Å²) in [5.74, 6) is 1.29. The predicted octanol–water partition coefficient (Wildman–Crippen LogP) is 2.58. The van der Waals surface area contributed by atoms with E-state index in [1.54, 1.807) is 7.11 Å². The SMILES string of the molecule is CCCC(C)(N)C(=O)NCC1CCN(c2cccc(OC)c2)C1.Cl. The topological polar surface area (TPSA) is 67.6 Å². The molecule has 2 rings (SSSR count). The molecule has 1 aliphatic heterocycles. The molecule has 1 aromatic rings. The van der Waals surface area contributed by atoms with E-state index in [0.717, 1.165) is 31.7 Å². The molecule has 1 aromatic carbocycles. The number of amides is 1. The molecule has 24 heavy (non-hydrogen) atoms. The van der Waals surface area contributed by atoms with Gasteiger partial charge in [0.05, 0.1) is 12.6 Å². The third-order valence-electron chi connectivity index (χ3n) is 4.54. The first-order valence-electron chi connectivity index (χ1n) is 8.42. The summed E-state index contributed by atoms with van der Waals surface area (Å²) in [6, 6.07) is 8.11. The van der Waals surface area contributed by atoms with Gasteiger partial charge in [0.2, 0.25) is 5.91 Å². The number of benzene rings is 1. The highest BCUT2D eigenvalue weighted by Gasteiger charge is 2.29. The molecule has 1 saturated heterocycles. The molecule has 136 valence electrons. The van der Waals surface area contributed by atoms with E-state index in [1.165, 1.54) is 5.69 Å². The van der Waals surface area contributed by atoms with Crippen molar-refractivity contribution in [2.75, 3.05) is 31.6 Å². The van der Waals surface area contributed by atoms with Crippen molar-refractivity contribution in [1.29, 1.82) is 0 Å². The highest BCUT2D eigenvalue weighted by molar-refractivity contribution is 5.85. The highest BCUT2D eigenvalue weighted by Crippen LogP contribution is 2.26. The van der Waals surface area contributed by atoms with Crippen LogP contribution < -0.4 is 20.7 Å². The van der Waals surface area contributed by atoms with Crippen molar-refractivity contribution in [1.82, 2.24) is 5.32 Å². The Hall–Kier alpha value is -1.46. The lowest BCUT2D eigenvalue weighted by Gasteiger charge is -2.24. The number of nitrogens with one attached hydrogen (secondary N) is 1. The highest BCUT2D eigenvalue weighted by atomic mass is 35.5. The third kappa shape index (κ3) is 5.28. The second kappa shape index (κ2) is 9.14. The van der Waals surface area contributed by atoms with E-state index >= 15 is 0 Å². The molecule has 0 aliphatic carbocycles. The van der Waals surface area contributed by atoms with Gasteiger partial charge in [-0.15, -0.1) is 12.4 Å². The Morgan fingerprint density at radius 2 is 2.25 bits per heavy atom. The largest absolute Gasteiger partial charge is 0.497 e. The molecule has 1 amide bonds. The Kier molecular flexibility index (Phi) is 7.84. The van der Waals surface area contributed by atoms with Crippen molar-refractivity contribution in [3.05, 3.63) is 24.3 Å². The van der Waals surface area contributed by atoms with Crippen molar-refractivity contribution in [3.8, 4) is 5.75 Å². The van der Waals surface area contributed by atoms with Crippen LogP contribution in [0.5, 0.6) is 5.75 Å². The van der Waals surface area contributed by atoms with Crippen molar-refractivity contribution in [2.45, 2.75) is 38.6 Å². The molecule has 2 atom stereocenters. The number of methoxy groups -OCH3 is 1. The summed E-state index contributed by atoms with van der Waals surface area (Å²) in [7, 11) is 1.68. The van der Waals surface area contributed by atoms with E-state index in [-0.39, 0.29) is 18.3 Å². The first kappa shape index (κ1) is 20.6. The Balaban J connectivity index is 0.00000288. The molecule has 6 heteroatoms. The molecule has 0 bridgehead atoms. The zero-order valence-corrected chi connectivity index (χ0v) is 15.7. The van der Waals surface area contributed by atoms with Crippen LogP contribution in [0.4, 0.5) is 5.69 Å². The van der Waals surface area contributed by atoms with Gasteiger partial charge in [-0.1, -0.05) is 19.4 Å². The molecular weight excluding hydrogens is 326 g/mol. The van der Waals surface area contributed by atoms with E-state index < -0.39 is 5.54 Å². The van der Waals surface area contributed by atoms with Gasteiger partial charge in [0.15, 0.2) is 0 Å². The van der Waals surface area contributed by atoms with Crippen LogP contribution in [0.25, 0.3) is 0 Å². The zero-order valence-electron chi connectivity index (χ0n) is 14.9. The molecular formula is C18H30ClN3O2. The molecule has 2 unspecified atom stereocenters.